The first-order valence-corrected chi connectivity index (χ1v) is 5.02. The van der Waals surface area contributed by atoms with Crippen LogP contribution in [0.15, 0.2) is 23.2 Å². The predicted molar refractivity (Wildman–Crippen MR) is 62.3 cm³/mol. The monoisotopic (exact) mass is 215 g/mol. The third kappa shape index (κ3) is 1.52. The molecule has 2 aromatic rings. The van der Waals surface area contributed by atoms with Gasteiger partial charge in [0.05, 0.1) is 11.0 Å². The summed E-state index contributed by atoms with van der Waals surface area (Å²) in [6.07, 6.45) is 0.738. The predicted octanol–water partition coefficient (Wildman–Crippen LogP) is 1.22. The van der Waals surface area contributed by atoms with Crippen LogP contribution in [0, 0.1) is 6.92 Å². The van der Waals surface area contributed by atoms with Gasteiger partial charge in [-0.25, -0.2) is 4.98 Å². The van der Waals surface area contributed by atoms with Crippen molar-refractivity contribution in [1.82, 2.24) is 9.55 Å². The number of hydrogen-bond donors (Lipinski definition) is 0. The van der Waals surface area contributed by atoms with Gasteiger partial charge in [-0.1, -0.05) is 6.07 Å². The van der Waals surface area contributed by atoms with Crippen LogP contribution < -0.4 is 5.49 Å². The first-order chi connectivity index (χ1) is 7.67. The molecule has 0 saturated heterocycles. The second-order valence-corrected chi connectivity index (χ2v) is 3.71. The summed E-state index contributed by atoms with van der Waals surface area (Å²) in [6.45, 7) is 2.02. The zero-order chi connectivity index (χ0) is 11.7. The number of benzene rings is 1. The van der Waals surface area contributed by atoms with Crippen LogP contribution in [0.1, 0.15) is 16.1 Å². The summed E-state index contributed by atoms with van der Waals surface area (Å²) in [5.41, 5.74) is 3.93. The number of aryl methyl sites for hydroxylation is 2. The normalized spacial score (nSPS) is 12.1. The Balaban J connectivity index is 3.00. The van der Waals surface area contributed by atoms with Crippen LogP contribution in [0.5, 0.6) is 0 Å². The SMILES string of the molecule is CN=c1c(C=O)nc2ccc(C)cc2n1C. The van der Waals surface area contributed by atoms with Crippen molar-refractivity contribution in [3.8, 4) is 0 Å². The molecule has 0 unspecified atom stereocenters. The summed E-state index contributed by atoms with van der Waals surface area (Å²) in [4.78, 5) is 19.3. The highest BCUT2D eigenvalue weighted by molar-refractivity contribution is 5.80. The van der Waals surface area contributed by atoms with Crippen molar-refractivity contribution in [3.05, 3.63) is 34.9 Å². The summed E-state index contributed by atoms with van der Waals surface area (Å²) in [5.74, 6) is 0. The number of carbonyl (C=O) groups is 1. The van der Waals surface area contributed by atoms with Crippen LogP contribution in [0.2, 0.25) is 0 Å². The van der Waals surface area contributed by atoms with Crippen molar-refractivity contribution in [1.29, 1.82) is 0 Å². The Morgan fingerprint density at radius 1 is 1.44 bits per heavy atom. The van der Waals surface area contributed by atoms with E-state index >= 15 is 0 Å². The molecule has 4 nitrogen and oxygen atoms in total. The lowest BCUT2D eigenvalue weighted by Gasteiger charge is -2.08. The molecule has 1 heterocycles. The number of fused-ring (bicyclic) bond motifs is 1. The van der Waals surface area contributed by atoms with Crippen LogP contribution in [0.25, 0.3) is 11.0 Å². The van der Waals surface area contributed by atoms with Gasteiger partial charge in [-0.2, -0.15) is 0 Å². The molecule has 82 valence electrons. The molecule has 0 aliphatic heterocycles. The van der Waals surface area contributed by atoms with Crippen LogP contribution in [0.3, 0.4) is 0 Å². The maximum absolute atomic E-state index is 10.9. The molecule has 0 N–H and O–H groups in total. The van der Waals surface area contributed by atoms with Crippen LogP contribution >= 0.6 is 0 Å². The Bertz CT molecular complexity index is 626. The third-order valence-electron chi connectivity index (χ3n) is 2.60. The number of carbonyl (C=O) groups excluding carboxylic acids is 1. The van der Waals surface area contributed by atoms with E-state index < -0.39 is 0 Å². The maximum atomic E-state index is 10.9. The quantitative estimate of drug-likeness (QED) is 0.671. The molecule has 1 aromatic heterocycles. The average molecular weight is 215 g/mol. The van der Waals surface area contributed by atoms with Gasteiger partial charge in [-0.3, -0.25) is 9.79 Å². The Kier molecular flexibility index (Phi) is 2.56. The van der Waals surface area contributed by atoms with E-state index in [2.05, 4.69) is 9.98 Å². The van der Waals surface area contributed by atoms with Crippen molar-refractivity contribution < 1.29 is 4.79 Å². The molecule has 0 bridgehead atoms. The van der Waals surface area contributed by atoms with Crippen molar-refractivity contribution in [2.75, 3.05) is 7.05 Å². The summed E-state index contributed by atoms with van der Waals surface area (Å²) in [7, 11) is 3.55. The Morgan fingerprint density at radius 3 is 2.81 bits per heavy atom. The van der Waals surface area contributed by atoms with Crippen LogP contribution in [0.4, 0.5) is 0 Å². The molecular formula is C12H13N3O. The topological polar surface area (TPSA) is 47.2 Å². The van der Waals surface area contributed by atoms with E-state index in [1.807, 2.05) is 36.7 Å². The molecule has 0 aliphatic rings. The van der Waals surface area contributed by atoms with Gasteiger partial charge >= 0.3 is 0 Å². The fourth-order valence-corrected chi connectivity index (χ4v) is 1.81. The highest BCUT2D eigenvalue weighted by atomic mass is 16.1. The summed E-state index contributed by atoms with van der Waals surface area (Å²) in [5, 5.41) is 0. The molecule has 4 heteroatoms. The van der Waals surface area contributed by atoms with E-state index in [4.69, 9.17) is 0 Å². The Morgan fingerprint density at radius 2 is 2.19 bits per heavy atom. The van der Waals surface area contributed by atoms with E-state index in [0.29, 0.717) is 11.2 Å². The molecular weight excluding hydrogens is 202 g/mol. The molecule has 2 rings (SSSR count). The first kappa shape index (κ1) is 10.5. The van der Waals surface area contributed by atoms with Crippen LogP contribution in [-0.4, -0.2) is 22.9 Å². The molecule has 0 saturated carbocycles. The maximum Gasteiger partial charge on any atom is 0.172 e. The van der Waals surface area contributed by atoms with Gasteiger partial charge in [0.1, 0.15) is 5.69 Å². The van der Waals surface area contributed by atoms with Crippen LogP contribution in [-0.2, 0) is 7.05 Å². The molecule has 0 radical (unpaired) electrons. The van der Waals surface area contributed by atoms with E-state index in [9.17, 15) is 4.79 Å². The second kappa shape index (κ2) is 3.89. The fourth-order valence-electron chi connectivity index (χ4n) is 1.81. The van der Waals surface area contributed by atoms with Gasteiger partial charge in [-0.15, -0.1) is 0 Å². The minimum atomic E-state index is 0.376. The highest BCUT2D eigenvalue weighted by Crippen LogP contribution is 2.11. The number of aldehydes is 1. The van der Waals surface area contributed by atoms with Gasteiger partial charge in [0.25, 0.3) is 0 Å². The Hall–Kier alpha value is -1.97. The van der Waals surface area contributed by atoms with Gasteiger partial charge in [0.2, 0.25) is 0 Å². The van der Waals surface area contributed by atoms with Crippen molar-refractivity contribution in [3.63, 3.8) is 0 Å². The number of nitrogens with zero attached hydrogens (tertiary/aromatic N) is 3. The van der Waals surface area contributed by atoms with E-state index in [1.54, 1.807) is 7.05 Å². The van der Waals surface area contributed by atoms with Crippen molar-refractivity contribution in [2.24, 2.45) is 12.0 Å². The molecule has 0 spiro atoms. The smallest absolute Gasteiger partial charge is 0.172 e. The standard InChI is InChI=1S/C12H13N3O/c1-8-4-5-9-11(6-8)15(3)12(13-2)10(7-16)14-9/h4-7H,1-3H3. The van der Waals surface area contributed by atoms with Crippen molar-refractivity contribution >= 4 is 17.3 Å². The van der Waals surface area contributed by atoms with Gasteiger partial charge < -0.3 is 4.57 Å². The zero-order valence-corrected chi connectivity index (χ0v) is 9.56. The number of hydrogen-bond acceptors (Lipinski definition) is 3. The molecule has 16 heavy (non-hydrogen) atoms. The van der Waals surface area contributed by atoms with Gasteiger partial charge in [0, 0.05) is 14.1 Å². The van der Waals surface area contributed by atoms with E-state index in [-0.39, 0.29) is 0 Å². The van der Waals surface area contributed by atoms with Gasteiger partial charge in [0.15, 0.2) is 11.8 Å². The lowest BCUT2D eigenvalue weighted by molar-refractivity contribution is 0.111. The summed E-state index contributed by atoms with van der Waals surface area (Å²) < 4.78 is 1.89. The van der Waals surface area contributed by atoms with Gasteiger partial charge in [-0.05, 0) is 24.6 Å². The fraction of sp³-hybridized carbons (Fsp3) is 0.250. The molecule has 1 aromatic carbocycles. The van der Waals surface area contributed by atoms with E-state index in [0.717, 1.165) is 22.9 Å². The summed E-state index contributed by atoms with van der Waals surface area (Å²) >= 11 is 0. The number of aromatic nitrogens is 2. The molecule has 0 aliphatic carbocycles. The second-order valence-electron chi connectivity index (χ2n) is 3.71. The largest absolute Gasteiger partial charge is 0.326 e. The average Bonchev–Trinajstić information content (AvgIpc) is 2.29. The zero-order valence-electron chi connectivity index (χ0n) is 9.56. The molecule has 0 atom stereocenters. The molecule has 0 fully saturated rings. The minimum Gasteiger partial charge on any atom is -0.326 e. The first-order valence-electron chi connectivity index (χ1n) is 5.02. The van der Waals surface area contributed by atoms with Crippen molar-refractivity contribution in [2.45, 2.75) is 6.92 Å². The molecule has 0 amide bonds. The number of rotatable bonds is 1. The van der Waals surface area contributed by atoms with E-state index in [1.165, 1.54) is 0 Å². The summed E-state index contributed by atoms with van der Waals surface area (Å²) in [6, 6.07) is 5.93. The Labute approximate surface area is 93.3 Å². The third-order valence-corrected chi connectivity index (χ3v) is 2.60. The minimum absolute atomic E-state index is 0.376. The lowest BCUT2D eigenvalue weighted by atomic mass is 10.2. The highest BCUT2D eigenvalue weighted by Gasteiger charge is 2.05. The lowest BCUT2D eigenvalue weighted by Crippen LogP contribution is -2.24.